The molecule has 0 aliphatic heterocycles. The smallest absolute Gasteiger partial charge is 0.362 e. The predicted molar refractivity (Wildman–Crippen MR) is 82.0 cm³/mol. The van der Waals surface area contributed by atoms with Gasteiger partial charge < -0.3 is 9.52 Å². The number of benzene rings is 2. The molecule has 4 nitrogen and oxygen atoms in total. The molecule has 0 saturated heterocycles. The number of aliphatic hydroxyl groups excluding tert-OH is 1. The van der Waals surface area contributed by atoms with Crippen molar-refractivity contribution in [3.8, 4) is 0 Å². The van der Waals surface area contributed by atoms with Crippen molar-refractivity contribution in [3.05, 3.63) is 75.8 Å². The van der Waals surface area contributed by atoms with Crippen LogP contribution in [0.4, 0.5) is 0 Å². The van der Waals surface area contributed by atoms with Crippen LogP contribution >= 0.6 is 0 Å². The highest BCUT2D eigenvalue weighted by molar-refractivity contribution is 5.78. The zero-order valence-corrected chi connectivity index (χ0v) is 11.4. The van der Waals surface area contributed by atoms with Crippen LogP contribution in [0.1, 0.15) is 16.8 Å². The van der Waals surface area contributed by atoms with Gasteiger partial charge in [-0.15, -0.1) is 0 Å². The Kier molecular flexibility index (Phi) is 3.28. The van der Waals surface area contributed by atoms with Crippen molar-refractivity contribution >= 4 is 22.9 Å². The molecule has 4 heteroatoms. The molecule has 3 aromatic rings. The second-order valence-electron chi connectivity index (χ2n) is 4.75. The summed E-state index contributed by atoms with van der Waals surface area (Å²) in [6, 6.07) is 14.4. The summed E-state index contributed by atoms with van der Waals surface area (Å²) in [6.07, 6.45) is 1.33. The molecule has 1 aromatic heterocycles. The summed E-state index contributed by atoms with van der Waals surface area (Å²) in [7, 11) is 0. The third kappa shape index (κ3) is 2.69. The molecule has 0 fully saturated rings. The van der Waals surface area contributed by atoms with Crippen LogP contribution in [-0.2, 0) is 0 Å². The standard InChI is InChI=1S/C17H13NO3/c1-11-5-4-6-12(9-11)15(19)10-14-17(20)21-16-8-3-2-7-13(16)18-14/h2-10,19H,1H3. The number of aliphatic hydroxyl groups is 1. The Morgan fingerprint density at radius 1 is 1.19 bits per heavy atom. The van der Waals surface area contributed by atoms with E-state index in [9.17, 15) is 9.90 Å². The van der Waals surface area contributed by atoms with E-state index in [-0.39, 0.29) is 11.5 Å². The molecule has 1 heterocycles. The Bertz CT molecular complexity index is 894. The fraction of sp³-hybridized carbons (Fsp3) is 0.0588. The third-order valence-corrected chi connectivity index (χ3v) is 3.11. The van der Waals surface area contributed by atoms with Gasteiger partial charge in [0, 0.05) is 11.6 Å². The van der Waals surface area contributed by atoms with Gasteiger partial charge in [-0.25, -0.2) is 9.78 Å². The van der Waals surface area contributed by atoms with E-state index in [1.165, 1.54) is 6.08 Å². The zero-order chi connectivity index (χ0) is 14.8. The SMILES string of the molecule is Cc1cccc(C(O)=Cc2nc3ccccc3oc2=O)c1. The van der Waals surface area contributed by atoms with Crippen LogP contribution in [0.2, 0.25) is 0 Å². The summed E-state index contributed by atoms with van der Waals surface area (Å²) in [5.74, 6) is -0.0196. The molecule has 1 N–H and O–H groups in total. The second-order valence-corrected chi connectivity index (χ2v) is 4.75. The molecule has 0 aliphatic carbocycles. The highest BCUT2D eigenvalue weighted by Crippen LogP contribution is 2.16. The first-order valence-electron chi connectivity index (χ1n) is 6.51. The Balaban J connectivity index is 2.10. The summed E-state index contributed by atoms with van der Waals surface area (Å²) in [6.45, 7) is 1.93. The van der Waals surface area contributed by atoms with Crippen molar-refractivity contribution in [1.82, 2.24) is 4.98 Å². The van der Waals surface area contributed by atoms with Gasteiger partial charge in [-0.2, -0.15) is 0 Å². The lowest BCUT2D eigenvalue weighted by atomic mass is 10.1. The lowest BCUT2D eigenvalue weighted by Gasteiger charge is -2.02. The maximum absolute atomic E-state index is 11.9. The summed E-state index contributed by atoms with van der Waals surface area (Å²) in [5, 5.41) is 10.1. The lowest BCUT2D eigenvalue weighted by molar-refractivity contribution is 0.514. The summed E-state index contributed by atoms with van der Waals surface area (Å²) in [4.78, 5) is 16.1. The van der Waals surface area contributed by atoms with E-state index < -0.39 is 5.63 Å². The highest BCUT2D eigenvalue weighted by Gasteiger charge is 2.07. The first kappa shape index (κ1) is 13.1. The molecule has 0 radical (unpaired) electrons. The molecule has 0 unspecified atom stereocenters. The molecule has 0 aliphatic rings. The normalized spacial score (nSPS) is 11.8. The Morgan fingerprint density at radius 3 is 2.81 bits per heavy atom. The highest BCUT2D eigenvalue weighted by atomic mass is 16.4. The zero-order valence-electron chi connectivity index (χ0n) is 11.4. The van der Waals surface area contributed by atoms with Gasteiger partial charge in [0.1, 0.15) is 11.3 Å². The number of aromatic nitrogens is 1. The van der Waals surface area contributed by atoms with Gasteiger partial charge in [-0.1, -0.05) is 35.9 Å². The molecular weight excluding hydrogens is 266 g/mol. The minimum atomic E-state index is -0.576. The van der Waals surface area contributed by atoms with Crippen LogP contribution in [0.25, 0.3) is 22.9 Å². The van der Waals surface area contributed by atoms with E-state index >= 15 is 0 Å². The van der Waals surface area contributed by atoms with Crippen LogP contribution < -0.4 is 5.63 Å². The van der Waals surface area contributed by atoms with Crippen LogP contribution in [0.3, 0.4) is 0 Å². The Hall–Kier alpha value is -2.88. The molecule has 0 amide bonds. The van der Waals surface area contributed by atoms with Crippen molar-refractivity contribution in [3.63, 3.8) is 0 Å². The van der Waals surface area contributed by atoms with E-state index in [0.29, 0.717) is 16.7 Å². The summed E-state index contributed by atoms with van der Waals surface area (Å²) < 4.78 is 5.18. The molecule has 21 heavy (non-hydrogen) atoms. The third-order valence-electron chi connectivity index (χ3n) is 3.11. The maximum Gasteiger partial charge on any atom is 0.362 e. The number of hydrogen-bond acceptors (Lipinski definition) is 4. The average molecular weight is 279 g/mol. The number of nitrogens with zero attached hydrogens (tertiary/aromatic N) is 1. The Labute approximate surface area is 121 Å². The maximum atomic E-state index is 11.9. The number of fused-ring (bicyclic) bond motifs is 1. The molecule has 0 bridgehead atoms. The van der Waals surface area contributed by atoms with Crippen molar-refractivity contribution < 1.29 is 9.52 Å². The van der Waals surface area contributed by atoms with Crippen molar-refractivity contribution in [2.24, 2.45) is 0 Å². The van der Waals surface area contributed by atoms with Gasteiger partial charge in [-0.05, 0) is 25.1 Å². The minimum absolute atomic E-state index is 0.0196. The fourth-order valence-corrected chi connectivity index (χ4v) is 2.07. The van der Waals surface area contributed by atoms with Crippen LogP contribution in [0, 0.1) is 6.92 Å². The minimum Gasteiger partial charge on any atom is -0.507 e. The van der Waals surface area contributed by atoms with E-state index in [1.54, 1.807) is 24.3 Å². The van der Waals surface area contributed by atoms with Crippen LogP contribution in [-0.4, -0.2) is 10.1 Å². The number of para-hydroxylation sites is 2. The van der Waals surface area contributed by atoms with E-state index in [0.717, 1.165) is 5.56 Å². The molecule has 104 valence electrons. The number of rotatable bonds is 2. The van der Waals surface area contributed by atoms with Crippen molar-refractivity contribution in [1.29, 1.82) is 0 Å². The predicted octanol–water partition coefficient (Wildman–Crippen LogP) is 3.55. The van der Waals surface area contributed by atoms with Gasteiger partial charge in [0.2, 0.25) is 0 Å². The van der Waals surface area contributed by atoms with Gasteiger partial charge in [0.15, 0.2) is 11.3 Å². The molecular formula is C17H13NO3. The summed E-state index contributed by atoms with van der Waals surface area (Å²) >= 11 is 0. The largest absolute Gasteiger partial charge is 0.507 e. The first-order valence-corrected chi connectivity index (χ1v) is 6.51. The fourth-order valence-electron chi connectivity index (χ4n) is 2.07. The van der Waals surface area contributed by atoms with E-state index in [2.05, 4.69) is 4.98 Å². The first-order chi connectivity index (χ1) is 10.1. The second kappa shape index (κ2) is 5.25. The van der Waals surface area contributed by atoms with E-state index in [1.807, 2.05) is 31.2 Å². The molecule has 2 aromatic carbocycles. The van der Waals surface area contributed by atoms with Gasteiger partial charge in [0.05, 0.1) is 0 Å². The van der Waals surface area contributed by atoms with Crippen molar-refractivity contribution in [2.75, 3.05) is 0 Å². The molecule has 0 spiro atoms. The van der Waals surface area contributed by atoms with Crippen molar-refractivity contribution in [2.45, 2.75) is 6.92 Å². The lowest BCUT2D eigenvalue weighted by Crippen LogP contribution is -2.06. The molecule has 0 saturated carbocycles. The van der Waals surface area contributed by atoms with E-state index in [4.69, 9.17) is 4.42 Å². The summed E-state index contributed by atoms with van der Waals surface area (Å²) in [5.41, 5.74) is 2.14. The van der Waals surface area contributed by atoms with Gasteiger partial charge in [0.25, 0.3) is 0 Å². The molecule has 3 rings (SSSR count). The van der Waals surface area contributed by atoms with Crippen LogP contribution in [0.5, 0.6) is 0 Å². The molecule has 0 atom stereocenters. The quantitative estimate of drug-likeness (QED) is 0.729. The monoisotopic (exact) mass is 279 g/mol. The number of aryl methyl sites for hydroxylation is 1. The number of hydrogen-bond donors (Lipinski definition) is 1. The van der Waals surface area contributed by atoms with Gasteiger partial charge in [-0.3, -0.25) is 0 Å². The average Bonchev–Trinajstić information content (AvgIpc) is 2.48. The topological polar surface area (TPSA) is 63.3 Å². The van der Waals surface area contributed by atoms with Gasteiger partial charge >= 0.3 is 5.63 Å². The van der Waals surface area contributed by atoms with Crippen LogP contribution in [0.15, 0.2) is 57.7 Å². The Morgan fingerprint density at radius 2 is 2.00 bits per heavy atom.